The zero-order valence-corrected chi connectivity index (χ0v) is 13.4. The van der Waals surface area contributed by atoms with Crippen LogP contribution in [0.4, 0.5) is 13.2 Å². The molecule has 0 unspecified atom stereocenters. The number of halogens is 3. The van der Waals surface area contributed by atoms with Crippen molar-refractivity contribution in [2.45, 2.75) is 25.2 Å². The highest BCUT2D eigenvalue weighted by atomic mass is 31.2. The molecule has 0 aromatic heterocycles. The van der Waals surface area contributed by atoms with Crippen LogP contribution in [0, 0.1) is 13.8 Å². The fraction of sp³-hybridized carbons (Fsp3) is 0.250. The van der Waals surface area contributed by atoms with E-state index in [1.807, 2.05) is 0 Å². The van der Waals surface area contributed by atoms with Crippen LogP contribution in [0.15, 0.2) is 48.5 Å². The molecule has 0 radical (unpaired) electrons. The Morgan fingerprint density at radius 2 is 1.09 bits per heavy atom. The Hall–Kier alpha value is -1.62. The average Bonchev–Trinajstić information content (AvgIpc) is 2.40. The first-order valence-corrected chi connectivity index (χ1v) is 8.38. The van der Waals surface area contributed by atoms with E-state index in [4.69, 9.17) is 0 Å². The van der Waals surface area contributed by atoms with E-state index in [1.165, 1.54) is 24.3 Å². The summed E-state index contributed by atoms with van der Waals surface area (Å²) in [6.07, 6.45) is -5.17. The Bertz CT molecular complexity index is 685. The number of hydrogen-bond acceptors (Lipinski definition) is 1. The number of benzene rings is 2. The SMILES string of the molecule is Cc1ccc(C(c2ccc(C)cc2)(C(F)(F)F)P(=O)(O)O)cc1. The van der Waals surface area contributed by atoms with E-state index < -0.39 is 30.1 Å². The van der Waals surface area contributed by atoms with Gasteiger partial charge in [-0.1, -0.05) is 59.7 Å². The summed E-state index contributed by atoms with van der Waals surface area (Å²) in [4.78, 5) is 19.4. The van der Waals surface area contributed by atoms with Crippen LogP contribution in [-0.4, -0.2) is 16.0 Å². The van der Waals surface area contributed by atoms with Crippen LogP contribution in [0.2, 0.25) is 0 Å². The summed E-state index contributed by atoms with van der Waals surface area (Å²) >= 11 is 0. The minimum absolute atomic E-state index is 0.479. The van der Waals surface area contributed by atoms with E-state index in [-0.39, 0.29) is 0 Å². The molecule has 0 amide bonds. The summed E-state index contributed by atoms with van der Waals surface area (Å²) in [7, 11) is -5.63. The third-order valence-corrected chi connectivity index (χ3v) is 5.43. The van der Waals surface area contributed by atoms with Crippen LogP contribution < -0.4 is 0 Å². The fourth-order valence-corrected chi connectivity index (χ4v) is 3.89. The van der Waals surface area contributed by atoms with Crippen molar-refractivity contribution < 1.29 is 27.5 Å². The maximum absolute atomic E-state index is 14.0. The molecule has 0 aliphatic rings. The molecule has 0 atom stereocenters. The first-order valence-electron chi connectivity index (χ1n) is 6.77. The monoisotopic (exact) mass is 344 g/mol. The van der Waals surface area contributed by atoms with Crippen molar-refractivity contribution in [2.75, 3.05) is 0 Å². The smallest absolute Gasteiger partial charge is 0.323 e. The van der Waals surface area contributed by atoms with Gasteiger partial charge in [-0.2, -0.15) is 13.2 Å². The Morgan fingerprint density at radius 1 is 0.783 bits per heavy atom. The highest BCUT2D eigenvalue weighted by molar-refractivity contribution is 7.53. The minimum Gasteiger partial charge on any atom is -0.323 e. The molecule has 7 heteroatoms. The molecule has 0 spiro atoms. The van der Waals surface area contributed by atoms with Crippen molar-refractivity contribution in [3.05, 3.63) is 70.8 Å². The summed E-state index contributed by atoms with van der Waals surface area (Å²) in [5, 5.41) is -3.39. The molecule has 0 fully saturated rings. The molecule has 2 aromatic rings. The second-order valence-electron chi connectivity index (χ2n) is 5.48. The van der Waals surface area contributed by atoms with Crippen molar-refractivity contribution >= 4 is 7.60 Å². The molecule has 0 aliphatic carbocycles. The van der Waals surface area contributed by atoms with Gasteiger partial charge in [0, 0.05) is 0 Å². The largest absolute Gasteiger partial charge is 0.413 e. The number of alkyl halides is 3. The molecule has 0 heterocycles. The standard InChI is InChI=1S/C16H16F3O3P/c1-11-3-7-13(8-4-11)15(16(17,18)19,23(20,21)22)14-9-5-12(2)6-10-14/h3-10H,1-2H3,(H2,20,21,22). The predicted octanol–water partition coefficient (Wildman–Crippen LogP) is 4.29. The Balaban J connectivity index is 2.89. The van der Waals surface area contributed by atoms with Gasteiger partial charge < -0.3 is 9.79 Å². The summed E-state index contributed by atoms with van der Waals surface area (Å²) < 4.78 is 53.9. The summed E-state index contributed by atoms with van der Waals surface area (Å²) in [5.41, 5.74) is 0.430. The van der Waals surface area contributed by atoms with Crippen LogP contribution in [-0.2, 0) is 9.72 Å². The van der Waals surface area contributed by atoms with E-state index in [1.54, 1.807) is 13.8 Å². The van der Waals surface area contributed by atoms with Crippen LogP contribution in [0.3, 0.4) is 0 Å². The molecule has 3 nitrogen and oxygen atoms in total. The molecule has 0 saturated carbocycles. The topological polar surface area (TPSA) is 57.5 Å². The summed E-state index contributed by atoms with van der Waals surface area (Å²) in [5.74, 6) is 0. The molecule has 2 aromatic carbocycles. The predicted molar refractivity (Wildman–Crippen MR) is 81.2 cm³/mol. The third kappa shape index (κ3) is 2.94. The van der Waals surface area contributed by atoms with Crippen molar-refractivity contribution in [1.29, 1.82) is 0 Å². The van der Waals surface area contributed by atoms with Crippen LogP contribution in [0.1, 0.15) is 22.3 Å². The normalized spacial score (nSPS) is 13.2. The van der Waals surface area contributed by atoms with E-state index in [9.17, 15) is 27.5 Å². The van der Waals surface area contributed by atoms with Crippen LogP contribution >= 0.6 is 7.60 Å². The first-order chi connectivity index (χ1) is 10.5. The molecule has 124 valence electrons. The maximum Gasteiger partial charge on any atom is 0.413 e. The molecule has 2 rings (SSSR count). The van der Waals surface area contributed by atoms with Crippen LogP contribution in [0.25, 0.3) is 0 Å². The molecular formula is C16H16F3O3P. The van der Waals surface area contributed by atoms with Gasteiger partial charge in [-0.05, 0) is 25.0 Å². The van der Waals surface area contributed by atoms with Gasteiger partial charge in [-0.25, -0.2) is 0 Å². The van der Waals surface area contributed by atoms with Crippen molar-refractivity contribution in [1.82, 2.24) is 0 Å². The maximum atomic E-state index is 14.0. The molecule has 23 heavy (non-hydrogen) atoms. The summed E-state index contributed by atoms with van der Waals surface area (Å²) in [6, 6.07) is 10.1. The second kappa shape index (κ2) is 5.78. The van der Waals surface area contributed by atoms with E-state index in [0.29, 0.717) is 11.1 Å². The van der Waals surface area contributed by atoms with Gasteiger partial charge in [-0.3, -0.25) is 4.57 Å². The Morgan fingerprint density at radius 3 is 1.30 bits per heavy atom. The first kappa shape index (κ1) is 17.7. The Kier molecular flexibility index (Phi) is 4.46. The Labute approximate surface area is 131 Å². The lowest BCUT2D eigenvalue weighted by Crippen LogP contribution is -2.43. The number of aryl methyl sites for hydroxylation is 2. The van der Waals surface area contributed by atoms with Gasteiger partial charge in [0.05, 0.1) is 0 Å². The fourth-order valence-electron chi connectivity index (χ4n) is 2.59. The van der Waals surface area contributed by atoms with Crippen molar-refractivity contribution in [3.63, 3.8) is 0 Å². The van der Waals surface area contributed by atoms with Gasteiger partial charge in [0.15, 0.2) is 0 Å². The lowest BCUT2D eigenvalue weighted by atomic mass is 9.88. The van der Waals surface area contributed by atoms with Gasteiger partial charge in [0.25, 0.3) is 0 Å². The van der Waals surface area contributed by atoms with Crippen molar-refractivity contribution in [2.24, 2.45) is 0 Å². The number of rotatable bonds is 3. The van der Waals surface area contributed by atoms with E-state index >= 15 is 0 Å². The van der Waals surface area contributed by atoms with Crippen LogP contribution in [0.5, 0.6) is 0 Å². The molecular weight excluding hydrogens is 328 g/mol. The number of hydrogen-bond donors (Lipinski definition) is 2. The van der Waals surface area contributed by atoms with Gasteiger partial charge >= 0.3 is 13.8 Å². The van der Waals surface area contributed by atoms with Gasteiger partial charge in [0.1, 0.15) is 0 Å². The quantitative estimate of drug-likeness (QED) is 0.817. The van der Waals surface area contributed by atoms with Crippen molar-refractivity contribution in [3.8, 4) is 0 Å². The van der Waals surface area contributed by atoms with E-state index in [2.05, 4.69) is 0 Å². The van der Waals surface area contributed by atoms with Gasteiger partial charge in [0.2, 0.25) is 5.16 Å². The highest BCUT2D eigenvalue weighted by Gasteiger charge is 2.68. The second-order valence-corrected chi connectivity index (χ2v) is 7.24. The third-order valence-electron chi connectivity index (χ3n) is 3.79. The van der Waals surface area contributed by atoms with Gasteiger partial charge in [-0.15, -0.1) is 0 Å². The molecule has 0 saturated heterocycles. The zero-order chi connectivity index (χ0) is 17.5. The minimum atomic E-state index is -5.63. The lowest BCUT2D eigenvalue weighted by molar-refractivity contribution is -0.158. The average molecular weight is 344 g/mol. The molecule has 0 bridgehead atoms. The lowest BCUT2D eigenvalue weighted by Gasteiger charge is -2.37. The molecule has 0 aliphatic heterocycles. The zero-order valence-electron chi connectivity index (χ0n) is 12.5. The van der Waals surface area contributed by atoms with E-state index in [0.717, 1.165) is 24.3 Å². The summed E-state index contributed by atoms with van der Waals surface area (Å²) in [6.45, 7) is 3.37. The highest BCUT2D eigenvalue weighted by Crippen LogP contribution is 2.67. The molecule has 2 N–H and O–H groups in total.